The Morgan fingerprint density at radius 2 is 0.480 bits per heavy atom. The topological polar surface area (TPSA) is 14.8 Å². The first kappa shape index (κ1) is 47.0. The summed E-state index contributed by atoms with van der Waals surface area (Å²) in [6.45, 7) is 21.4. The molecule has 12 aromatic rings. The van der Waals surface area contributed by atoms with Gasteiger partial charge < -0.3 is 13.7 Å². The fraction of sp³-hybridized carbons (Fsp3) is 0.130. The molecule has 15 rings (SSSR count). The second-order valence-electron chi connectivity index (χ2n) is 22.7. The molecule has 0 N–H and O–H groups in total. The normalized spacial score (nSPS) is 14.5. The van der Waals surface area contributed by atoms with E-state index < -0.39 is 24.2 Å². The highest BCUT2D eigenvalue weighted by molar-refractivity contribution is 7.05. The Hall–Kier alpha value is -7.75. The van der Waals surface area contributed by atoms with Crippen molar-refractivity contribution in [2.24, 2.45) is 0 Å². The van der Waals surface area contributed by atoms with Crippen LogP contribution in [0.15, 0.2) is 218 Å². The summed E-state index contributed by atoms with van der Waals surface area (Å²) in [6, 6.07) is 80.5. The fourth-order valence-electron chi connectivity index (χ4n) is 13.3. The van der Waals surface area contributed by atoms with Gasteiger partial charge in [0.25, 0.3) is 0 Å². The van der Waals surface area contributed by atoms with Crippen molar-refractivity contribution in [1.29, 1.82) is 0 Å². The van der Waals surface area contributed by atoms with Crippen molar-refractivity contribution in [3.63, 3.8) is 0 Å². The van der Waals surface area contributed by atoms with Crippen LogP contribution >= 0.6 is 0 Å². The first-order valence-electron chi connectivity index (χ1n) is 26.7. The summed E-state index contributed by atoms with van der Waals surface area (Å²) in [7, 11) is -5.23. The number of hydrogen-bond acceptors (Lipinski definition) is 0. The van der Waals surface area contributed by atoms with Crippen LogP contribution in [0.2, 0.25) is 39.3 Å². The zero-order chi connectivity index (χ0) is 51.5. The van der Waals surface area contributed by atoms with E-state index >= 15 is 0 Å². The summed E-state index contributed by atoms with van der Waals surface area (Å²) in [6.07, 6.45) is 0. The molecular weight excluding hydrogens is 955 g/mol. The van der Waals surface area contributed by atoms with Gasteiger partial charge in [-0.15, -0.1) is 0 Å². The Balaban J connectivity index is 0.000000108. The lowest BCUT2D eigenvalue weighted by molar-refractivity contribution is 1.16. The molecule has 0 spiro atoms. The van der Waals surface area contributed by atoms with Gasteiger partial charge in [0, 0.05) is 65.9 Å². The Morgan fingerprint density at radius 1 is 0.253 bits per heavy atom. The first-order valence-corrected chi connectivity index (χ1v) is 35.7. The average molecular weight is 1020 g/mol. The van der Waals surface area contributed by atoms with E-state index in [4.69, 9.17) is 0 Å². The van der Waals surface area contributed by atoms with Gasteiger partial charge in [-0.05, 0) is 108 Å². The number of benzene rings is 9. The van der Waals surface area contributed by atoms with Crippen LogP contribution in [-0.4, -0.2) is 37.9 Å². The third-order valence-electron chi connectivity index (χ3n) is 16.9. The second-order valence-corrected chi connectivity index (χ2v) is 35.5. The minimum absolute atomic E-state index is 1.27. The number of nitrogens with zero attached hydrogens (tertiary/aromatic N) is 3. The van der Waals surface area contributed by atoms with E-state index in [1.54, 1.807) is 31.5 Å². The van der Waals surface area contributed by atoms with E-state index in [1.807, 2.05) is 0 Å². The molecule has 6 heteroatoms. The number of aromatic nitrogens is 3. The van der Waals surface area contributed by atoms with Gasteiger partial charge in [-0.2, -0.15) is 0 Å². The summed E-state index contributed by atoms with van der Waals surface area (Å²) in [5, 5.41) is 13.4. The largest absolute Gasteiger partial charge is 0.317 e. The standard InChI is InChI=1S/3C23H21NSi/c3*1-16-12-14-17(15-13-16)24-20-10-6-4-8-18(20)22-19-9-5-7-11-21(19)25(2,3)23(22)24/h3*4-15H,1-3H3. The molecule has 3 aromatic heterocycles. The quantitative estimate of drug-likeness (QED) is 0.157. The Morgan fingerprint density at radius 3 is 0.747 bits per heavy atom. The predicted octanol–water partition coefficient (Wildman–Crippen LogP) is 14.2. The summed E-state index contributed by atoms with van der Waals surface area (Å²) in [5.41, 5.74) is 20.4. The molecule has 0 unspecified atom stereocenters. The van der Waals surface area contributed by atoms with Gasteiger partial charge in [0.15, 0.2) is 0 Å². The van der Waals surface area contributed by atoms with Gasteiger partial charge in [-0.1, -0.05) is 220 Å². The predicted molar refractivity (Wildman–Crippen MR) is 331 cm³/mol. The molecule has 6 heterocycles. The van der Waals surface area contributed by atoms with E-state index in [0.717, 1.165) is 0 Å². The number of para-hydroxylation sites is 3. The van der Waals surface area contributed by atoms with Gasteiger partial charge in [-0.25, -0.2) is 0 Å². The zero-order valence-electron chi connectivity index (χ0n) is 44.6. The van der Waals surface area contributed by atoms with Crippen molar-refractivity contribution < 1.29 is 0 Å². The summed E-state index contributed by atoms with van der Waals surface area (Å²) in [4.78, 5) is 0. The number of hydrogen-bond donors (Lipinski definition) is 0. The van der Waals surface area contributed by atoms with Crippen LogP contribution in [-0.2, 0) is 0 Å². The fourth-order valence-corrected chi connectivity index (χ4v) is 23.4. The Kier molecular flexibility index (Phi) is 10.9. The first-order chi connectivity index (χ1) is 36.3. The Bertz CT molecular complexity index is 3790. The zero-order valence-corrected chi connectivity index (χ0v) is 47.6. The molecule has 3 aliphatic rings. The number of rotatable bonds is 3. The number of fused-ring (bicyclic) bond motifs is 15. The third-order valence-corrected chi connectivity index (χ3v) is 27.2. The van der Waals surface area contributed by atoms with E-state index in [9.17, 15) is 0 Å². The van der Waals surface area contributed by atoms with Crippen LogP contribution in [0.25, 0.3) is 83.2 Å². The minimum Gasteiger partial charge on any atom is -0.317 e. The Labute approximate surface area is 445 Å². The molecule has 0 bridgehead atoms. The van der Waals surface area contributed by atoms with Gasteiger partial charge in [0.1, 0.15) is 24.2 Å². The summed E-state index contributed by atoms with van der Waals surface area (Å²) >= 11 is 0. The maximum Gasteiger partial charge on any atom is 0.134 e. The van der Waals surface area contributed by atoms with Gasteiger partial charge in [0.2, 0.25) is 0 Å². The molecule has 366 valence electrons. The SMILES string of the molecule is Cc1ccc(-n2c3c(c4ccccc42)-c2ccccc2[Si]3(C)C)cc1.Cc1ccc(-n2c3c(c4ccccc42)-c2ccccc2[Si]3(C)C)cc1.Cc1ccc(-n2c3c(c4ccccc42)-c2ccccc2[Si]3(C)C)cc1. The highest BCUT2D eigenvalue weighted by Gasteiger charge is 2.45. The maximum absolute atomic E-state index is 2.52. The van der Waals surface area contributed by atoms with Crippen LogP contribution in [0.1, 0.15) is 16.7 Å². The lowest BCUT2D eigenvalue weighted by Crippen LogP contribution is -2.52. The van der Waals surface area contributed by atoms with Crippen LogP contribution in [0.5, 0.6) is 0 Å². The van der Waals surface area contributed by atoms with E-state index in [2.05, 4.69) is 292 Å². The highest BCUT2D eigenvalue weighted by atomic mass is 28.3. The van der Waals surface area contributed by atoms with Crippen LogP contribution in [0, 0.1) is 20.8 Å². The van der Waals surface area contributed by atoms with E-state index in [-0.39, 0.29) is 0 Å². The minimum atomic E-state index is -1.74. The van der Waals surface area contributed by atoms with Crippen LogP contribution in [0.4, 0.5) is 0 Å². The third kappa shape index (κ3) is 7.10. The lowest BCUT2D eigenvalue weighted by atomic mass is 10.1. The van der Waals surface area contributed by atoms with Crippen LogP contribution < -0.4 is 31.5 Å². The van der Waals surface area contributed by atoms with E-state index in [1.165, 1.54) is 99.8 Å². The highest BCUT2D eigenvalue weighted by Crippen LogP contribution is 2.41. The molecular formula is C69H63N3Si3. The maximum atomic E-state index is 2.52. The molecule has 0 aliphatic carbocycles. The second kappa shape index (κ2) is 17.4. The van der Waals surface area contributed by atoms with Gasteiger partial charge in [0.05, 0.1) is 16.6 Å². The van der Waals surface area contributed by atoms with Crippen molar-refractivity contribution in [2.75, 3.05) is 0 Å². The molecule has 75 heavy (non-hydrogen) atoms. The van der Waals surface area contributed by atoms with Crippen LogP contribution in [0.3, 0.4) is 0 Å². The lowest BCUT2D eigenvalue weighted by Gasteiger charge is -2.22. The molecule has 9 aromatic carbocycles. The summed E-state index contributed by atoms with van der Waals surface area (Å²) < 4.78 is 7.57. The molecule has 0 saturated carbocycles. The van der Waals surface area contributed by atoms with Crippen molar-refractivity contribution in [1.82, 2.24) is 13.7 Å². The molecule has 0 fully saturated rings. The van der Waals surface area contributed by atoms with E-state index in [0.29, 0.717) is 0 Å². The van der Waals surface area contributed by atoms with Crippen molar-refractivity contribution >= 4 is 88.4 Å². The van der Waals surface area contributed by atoms with Crippen molar-refractivity contribution in [3.8, 4) is 50.4 Å². The molecule has 0 atom stereocenters. The number of aryl methyl sites for hydroxylation is 3. The molecule has 0 radical (unpaired) electrons. The monoisotopic (exact) mass is 1020 g/mol. The molecule has 0 amide bonds. The molecule has 0 saturated heterocycles. The molecule has 3 nitrogen and oxygen atoms in total. The smallest absolute Gasteiger partial charge is 0.134 e. The molecule has 3 aliphatic heterocycles. The van der Waals surface area contributed by atoms with Crippen molar-refractivity contribution in [2.45, 2.75) is 60.1 Å². The summed E-state index contributed by atoms with van der Waals surface area (Å²) in [5.74, 6) is 0. The average Bonchev–Trinajstić information content (AvgIpc) is 4.28. The van der Waals surface area contributed by atoms with Gasteiger partial charge >= 0.3 is 0 Å². The van der Waals surface area contributed by atoms with Gasteiger partial charge in [-0.3, -0.25) is 0 Å². The van der Waals surface area contributed by atoms with Crippen molar-refractivity contribution in [3.05, 3.63) is 235 Å².